The molecule has 0 saturated carbocycles. The first-order valence-electron chi connectivity index (χ1n) is 4.78. The second-order valence-electron chi connectivity index (χ2n) is 3.68. The van der Waals surface area contributed by atoms with Crippen molar-refractivity contribution < 1.29 is 9.50 Å². The van der Waals surface area contributed by atoms with Crippen molar-refractivity contribution in [1.82, 2.24) is 0 Å². The Kier molecular flexibility index (Phi) is 4.48. The smallest absolute Gasteiger partial charge is 0.129 e. The lowest BCUT2D eigenvalue weighted by atomic mass is 10.0. The van der Waals surface area contributed by atoms with Crippen molar-refractivity contribution in [3.05, 3.63) is 46.2 Å². The highest BCUT2D eigenvalue weighted by atomic mass is 79.9. The molecule has 15 heavy (non-hydrogen) atoms. The Hall–Kier alpha value is -0.670. The lowest BCUT2D eigenvalue weighted by Gasteiger charge is -2.12. The topological polar surface area (TPSA) is 20.2 Å². The van der Waals surface area contributed by atoms with Crippen molar-refractivity contribution in [1.29, 1.82) is 0 Å². The average Bonchev–Trinajstić information content (AvgIpc) is 2.18. The van der Waals surface area contributed by atoms with Gasteiger partial charge in [-0.1, -0.05) is 21.5 Å². The van der Waals surface area contributed by atoms with E-state index in [9.17, 15) is 9.50 Å². The molecule has 0 fully saturated rings. The van der Waals surface area contributed by atoms with Gasteiger partial charge in [0.25, 0.3) is 0 Å². The van der Waals surface area contributed by atoms with E-state index in [-0.39, 0.29) is 5.82 Å². The van der Waals surface area contributed by atoms with Crippen LogP contribution >= 0.6 is 15.9 Å². The Morgan fingerprint density at radius 2 is 2.27 bits per heavy atom. The largest absolute Gasteiger partial charge is 0.388 e. The third-order valence-electron chi connectivity index (χ3n) is 2.16. The summed E-state index contributed by atoms with van der Waals surface area (Å²) in [5.74, 6) is -0.368. The molecule has 1 nitrogen and oxygen atoms in total. The molecule has 0 bridgehead atoms. The molecule has 1 unspecified atom stereocenters. The SMILES string of the molecule is C=C(C)CCC(O)c1cc(Br)ccc1F. The monoisotopic (exact) mass is 272 g/mol. The van der Waals surface area contributed by atoms with E-state index in [0.717, 1.165) is 10.0 Å². The van der Waals surface area contributed by atoms with Gasteiger partial charge in [-0.2, -0.15) is 0 Å². The molecule has 0 aliphatic rings. The van der Waals surface area contributed by atoms with E-state index in [2.05, 4.69) is 22.5 Å². The highest BCUT2D eigenvalue weighted by molar-refractivity contribution is 9.10. The average molecular weight is 273 g/mol. The highest BCUT2D eigenvalue weighted by Gasteiger charge is 2.12. The quantitative estimate of drug-likeness (QED) is 0.823. The molecular formula is C12H14BrFO. The minimum atomic E-state index is -0.765. The number of aliphatic hydroxyl groups is 1. The minimum absolute atomic E-state index is 0.339. The van der Waals surface area contributed by atoms with Crippen LogP contribution in [0.5, 0.6) is 0 Å². The predicted molar refractivity (Wildman–Crippen MR) is 63.1 cm³/mol. The van der Waals surface area contributed by atoms with Crippen LogP contribution in [-0.2, 0) is 0 Å². The molecule has 82 valence electrons. The van der Waals surface area contributed by atoms with Crippen molar-refractivity contribution in [2.24, 2.45) is 0 Å². The Bertz CT molecular complexity index is 363. The Morgan fingerprint density at radius 1 is 1.60 bits per heavy atom. The van der Waals surface area contributed by atoms with Gasteiger partial charge in [-0.05, 0) is 38.0 Å². The molecule has 0 aliphatic carbocycles. The molecule has 3 heteroatoms. The van der Waals surface area contributed by atoms with E-state index < -0.39 is 6.10 Å². The zero-order chi connectivity index (χ0) is 11.4. The third kappa shape index (κ3) is 3.76. The van der Waals surface area contributed by atoms with Crippen LogP contribution in [0.2, 0.25) is 0 Å². The van der Waals surface area contributed by atoms with Crippen molar-refractivity contribution >= 4 is 15.9 Å². The van der Waals surface area contributed by atoms with Crippen LogP contribution in [0.15, 0.2) is 34.8 Å². The van der Waals surface area contributed by atoms with Gasteiger partial charge in [0, 0.05) is 10.0 Å². The van der Waals surface area contributed by atoms with Gasteiger partial charge in [0.2, 0.25) is 0 Å². The van der Waals surface area contributed by atoms with Crippen molar-refractivity contribution in [3.63, 3.8) is 0 Å². The van der Waals surface area contributed by atoms with Gasteiger partial charge in [-0.15, -0.1) is 6.58 Å². The molecule has 1 aromatic carbocycles. The van der Waals surface area contributed by atoms with Crippen LogP contribution in [-0.4, -0.2) is 5.11 Å². The molecule has 0 spiro atoms. The summed E-state index contributed by atoms with van der Waals surface area (Å²) < 4.78 is 14.1. The Balaban J connectivity index is 2.76. The predicted octanol–water partition coefficient (Wildman–Crippen LogP) is 3.98. The molecule has 0 saturated heterocycles. The zero-order valence-electron chi connectivity index (χ0n) is 8.63. The summed E-state index contributed by atoms with van der Waals surface area (Å²) in [4.78, 5) is 0. The molecular weight excluding hydrogens is 259 g/mol. The lowest BCUT2D eigenvalue weighted by molar-refractivity contribution is 0.163. The lowest BCUT2D eigenvalue weighted by Crippen LogP contribution is -2.01. The standard InChI is InChI=1S/C12H14BrFO/c1-8(2)3-6-12(15)10-7-9(13)4-5-11(10)14/h4-5,7,12,15H,1,3,6H2,2H3. The molecule has 0 aromatic heterocycles. The summed E-state index contributed by atoms with van der Waals surface area (Å²) in [6.45, 7) is 5.64. The molecule has 0 heterocycles. The van der Waals surface area contributed by atoms with E-state index in [1.165, 1.54) is 6.07 Å². The number of rotatable bonds is 4. The van der Waals surface area contributed by atoms with Crippen LogP contribution in [0.4, 0.5) is 4.39 Å². The second-order valence-corrected chi connectivity index (χ2v) is 4.59. The van der Waals surface area contributed by atoms with Crippen molar-refractivity contribution in [3.8, 4) is 0 Å². The van der Waals surface area contributed by atoms with Crippen LogP contribution in [0.1, 0.15) is 31.4 Å². The van der Waals surface area contributed by atoms with Gasteiger partial charge in [0.1, 0.15) is 5.82 Å². The highest BCUT2D eigenvalue weighted by Crippen LogP contribution is 2.25. The zero-order valence-corrected chi connectivity index (χ0v) is 10.2. The first-order chi connectivity index (χ1) is 7.00. The number of allylic oxidation sites excluding steroid dienone is 1. The number of halogens is 2. The number of hydrogen-bond acceptors (Lipinski definition) is 1. The molecule has 0 amide bonds. The van der Waals surface area contributed by atoms with E-state index >= 15 is 0 Å². The van der Waals surface area contributed by atoms with Gasteiger partial charge in [-0.25, -0.2) is 4.39 Å². The number of hydrogen-bond donors (Lipinski definition) is 1. The van der Waals surface area contributed by atoms with E-state index in [0.29, 0.717) is 18.4 Å². The fourth-order valence-electron chi connectivity index (χ4n) is 1.31. The summed E-state index contributed by atoms with van der Waals surface area (Å²) in [5, 5.41) is 9.77. The Morgan fingerprint density at radius 3 is 2.87 bits per heavy atom. The fourth-order valence-corrected chi connectivity index (χ4v) is 1.69. The van der Waals surface area contributed by atoms with E-state index in [1.54, 1.807) is 12.1 Å². The third-order valence-corrected chi connectivity index (χ3v) is 2.65. The van der Waals surface area contributed by atoms with Crippen LogP contribution in [0.25, 0.3) is 0 Å². The second kappa shape index (κ2) is 5.42. The van der Waals surface area contributed by atoms with E-state index in [4.69, 9.17) is 0 Å². The summed E-state index contributed by atoms with van der Waals surface area (Å²) in [6.07, 6.45) is 0.440. The maximum Gasteiger partial charge on any atom is 0.129 e. The summed E-state index contributed by atoms with van der Waals surface area (Å²) in [6, 6.07) is 4.58. The van der Waals surface area contributed by atoms with Crippen LogP contribution in [0.3, 0.4) is 0 Å². The van der Waals surface area contributed by atoms with Crippen LogP contribution in [0, 0.1) is 5.82 Å². The van der Waals surface area contributed by atoms with Crippen molar-refractivity contribution in [2.75, 3.05) is 0 Å². The number of benzene rings is 1. The molecule has 1 N–H and O–H groups in total. The molecule has 0 aliphatic heterocycles. The molecule has 1 atom stereocenters. The first-order valence-corrected chi connectivity index (χ1v) is 5.57. The van der Waals surface area contributed by atoms with Gasteiger partial charge >= 0.3 is 0 Å². The summed E-state index contributed by atoms with van der Waals surface area (Å²) in [5.41, 5.74) is 1.33. The fraction of sp³-hybridized carbons (Fsp3) is 0.333. The molecule has 1 rings (SSSR count). The number of aliphatic hydroxyl groups excluding tert-OH is 1. The Labute approximate surface area is 97.8 Å². The van der Waals surface area contributed by atoms with Gasteiger partial charge in [0.15, 0.2) is 0 Å². The summed E-state index contributed by atoms with van der Waals surface area (Å²) in [7, 11) is 0. The summed E-state index contributed by atoms with van der Waals surface area (Å²) >= 11 is 3.25. The van der Waals surface area contributed by atoms with Crippen LogP contribution < -0.4 is 0 Å². The maximum atomic E-state index is 13.3. The van der Waals surface area contributed by atoms with Gasteiger partial charge in [0.05, 0.1) is 6.10 Å². The van der Waals surface area contributed by atoms with Crippen molar-refractivity contribution in [2.45, 2.75) is 25.9 Å². The maximum absolute atomic E-state index is 13.3. The molecule has 1 aromatic rings. The normalized spacial score (nSPS) is 12.5. The van der Waals surface area contributed by atoms with Gasteiger partial charge < -0.3 is 5.11 Å². The van der Waals surface area contributed by atoms with E-state index in [1.807, 2.05) is 6.92 Å². The first kappa shape index (κ1) is 12.4. The minimum Gasteiger partial charge on any atom is -0.388 e. The van der Waals surface area contributed by atoms with Gasteiger partial charge in [-0.3, -0.25) is 0 Å². The molecule has 0 radical (unpaired) electrons.